The molecule has 0 aliphatic carbocycles. The van der Waals surface area contributed by atoms with Gasteiger partial charge in [-0.3, -0.25) is 24.6 Å². The number of nitrogens with zero attached hydrogens (tertiary/aromatic N) is 2. The highest BCUT2D eigenvalue weighted by atomic mass is 35.5. The Morgan fingerprint density at radius 2 is 1.96 bits per heavy atom. The summed E-state index contributed by atoms with van der Waals surface area (Å²) in [5.41, 5.74) is -1.00. The van der Waals surface area contributed by atoms with Crippen molar-refractivity contribution in [3.63, 3.8) is 0 Å². The van der Waals surface area contributed by atoms with E-state index in [9.17, 15) is 24.5 Å². The Morgan fingerprint density at radius 3 is 2.64 bits per heavy atom. The number of carbonyl (C=O) groups is 3. The Bertz CT molecular complexity index is 995. The van der Waals surface area contributed by atoms with Crippen LogP contribution in [0.1, 0.15) is 12.5 Å². The summed E-state index contributed by atoms with van der Waals surface area (Å²) in [7, 11) is 0. The molecule has 1 saturated heterocycles. The SMILES string of the molecule is CC1(c2ccccc2Cl)NC(=O)N(CC(=O)Nc2cccc([N+](=O)[O-])c2)C1=O. The number of nitrogens with one attached hydrogen (secondary N) is 2. The second-order valence-electron chi connectivity index (χ2n) is 6.28. The first-order chi connectivity index (χ1) is 13.2. The molecule has 144 valence electrons. The number of hydrogen-bond acceptors (Lipinski definition) is 5. The van der Waals surface area contributed by atoms with Gasteiger partial charge in [0.15, 0.2) is 0 Å². The van der Waals surface area contributed by atoms with Gasteiger partial charge >= 0.3 is 6.03 Å². The standard InChI is InChI=1S/C18H15ClN4O5/c1-18(13-7-2-3-8-14(13)19)16(25)22(17(26)21-18)10-15(24)20-11-5-4-6-12(9-11)23(27)28/h2-9H,10H2,1H3,(H,20,24)(H,21,26). The number of non-ortho nitro benzene ring substituents is 1. The summed E-state index contributed by atoms with van der Waals surface area (Å²) in [5, 5.41) is 16.1. The summed E-state index contributed by atoms with van der Waals surface area (Å²) < 4.78 is 0. The smallest absolute Gasteiger partial charge is 0.324 e. The molecule has 0 saturated carbocycles. The average Bonchev–Trinajstić information content (AvgIpc) is 2.86. The van der Waals surface area contributed by atoms with Crippen molar-refractivity contribution < 1.29 is 19.3 Å². The van der Waals surface area contributed by atoms with E-state index in [-0.39, 0.29) is 11.4 Å². The van der Waals surface area contributed by atoms with Gasteiger partial charge in [-0.15, -0.1) is 0 Å². The average molecular weight is 403 g/mol. The minimum atomic E-state index is -1.40. The Morgan fingerprint density at radius 1 is 1.25 bits per heavy atom. The molecular formula is C18H15ClN4O5. The second kappa shape index (κ2) is 7.28. The van der Waals surface area contributed by atoms with E-state index in [0.717, 1.165) is 4.90 Å². The molecule has 1 aliphatic rings. The maximum atomic E-state index is 12.8. The molecule has 0 bridgehead atoms. The molecule has 2 aromatic rings. The van der Waals surface area contributed by atoms with Gasteiger partial charge in [-0.2, -0.15) is 0 Å². The van der Waals surface area contributed by atoms with Crippen molar-refractivity contribution in [3.05, 3.63) is 69.2 Å². The van der Waals surface area contributed by atoms with E-state index in [1.54, 1.807) is 24.3 Å². The highest BCUT2D eigenvalue weighted by molar-refractivity contribution is 6.32. The van der Waals surface area contributed by atoms with Gasteiger partial charge in [0.05, 0.1) is 4.92 Å². The van der Waals surface area contributed by atoms with E-state index in [2.05, 4.69) is 10.6 Å². The Kier molecular flexibility index (Phi) is 5.02. The van der Waals surface area contributed by atoms with E-state index in [1.165, 1.54) is 31.2 Å². The van der Waals surface area contributed by atoms with Gasteiger partial charge in [0.2, 0.25) is 5.91 Å². The third-order valence-electron chi connectivity index (χ3n) is 4.33. The van der Waals surface area contributed by atoms with Crippen LogP contribution in [-0.2, 0) is 15.1 Å². The summed E-state index contributed by atoms with van der Waals surface area (Å²) in [5.74, 6) is -1.30. The fraction of sp³-hybridized carbons (Fsp3) is 0.167. The van der Waals surface area contributed by atoms with Gasteiger partial charge in [-0.1, -0.05) is 35.9 Å². The molecule has 10 heteroatoms. The minimum absolute atomic E-state index is 0.181. The molecule has 3 rings (SSSR count). The van der Waals surface area contributed by atoms with Crippen molar-refractivity contribution in [1.29, 1.82) is 0 Å². The number of anilines is 1. The second-order valence-corrected chi connectivity index (χ2v) is 6.69. The molecular weight excluding hydrogens is 388 g/mol. The van der Waals surface area contributed by atoms with Crippen LogP contribution in [0.5, 0.6) is 0 Å². The van der Waals surface area contributed by atoms with Crippen molar-refractivity contribution in [2.24, 2.45) is 0 Å². The van der Waals surface area contributed by atoms with Gasteiger partial charge in [0, 0.05) is 28.4 Å². The molecule has 1 atom stereocenters. The van der Waals surface area contributed by atoms with Crippen LogP contribution in [0, 0.1) is 10.1 Å². The predicted molar refractivity (Wildman–Crippen MR) is 101 cm³/mol. The first kappa shape index (κ1) is 19.3. The number of amides is 4. The van der Waals surface area contributed by atoms with Crippen LogP contribution in [0.25, 0.3) is 0 Å². The lowest BCUT2D eigenvalue weighted by Crippen LogP contribution is -2.42. The van der Waals surface area contributed by atoms with Gasteiger partial charge in [0.25, 0.3) is 11.6 Å². The normalized spacial score (nSPS) is 18.7. The number of nitro groups is 1. The zero-order chi connectivity index (χ0) is 20.5. The lowest BCUT2D eigenvalue weighted by atomic mass is 9.92. The molecule has 1 heterocycles. The zero-order valence-electron chi connectivity index (χ0n) is 14.6. The highest BCUT2D eigenvalue weighted by Gasteiger charge is 2.50. The van der Waals surface area contributed by atoms with Crippen LogP contribution in [0.2, 0.25) is 5.02 Å². The number of rotatable bonds is 5. The molecule has 0 spiro atoms. The molecule has 2 aromatic carbocycles. The third-order valence-corrected chi connectivity index (χ3v) is 4.66. The number of nitro benzene ring substituents is 1. The van der Waals surface area contributed by atoms with Crippen LogP contribution in [0.4, 0.5) is 16.2 Å². The monoisotopic (exact) mass is 402 g/mol. The van der Waals surface area contributed by atoms with Crippen molar-refractivity contribution in [2.75, 3.05) is 11.9 Å². The molecule has 0 radical (unpaired) electrons. The summed E-state index contributed by atoms with van der Waals surface area (Å²) >= 11 is 6.15. The lowest BCUT2D eigenvalue weighted by molar-refractivity contribution is -0.384. The van der Waals surface area contributed by atoms with Crippen LogP contribution < -0.4 is 10.6 Å². The molecule has 9 nitrogen and oxygen atoms in total. The molecule has 28 heavy (non-hydrogen) atoms. The maximum Gasteiger partial charge on any atom is 0.325 e. The molecule has 1 aliphatic heterocycles. The van der Waals surface area contributed by atoms with E-state index in [0.29, 0.717) is 10.6 Å². The third kappa shape index (κ3) is 3.52. The Labute approximate surface area is 164 Å². The van der Waals surface area contributed by atoms with Crippen molar-refractivity contribution in [2.45, 2.75) is 12.5 Å². The quantitative estimate of drug-likeness (QED) is 0.452. The van der Waals surface area contributed by atoms with Crippen LogP contribution in [0.15, 0.2) is 48.5 Å². The summed E-state index contributed by atoms with van der Waals surface area (Å²) in [4.78, 5) is 48.4. The lowest BCUT2D eigenvalue weighted by Gasteiger charge is -2.23. The summed E-state index contributed by atoms with van der Waals surface area (Å²) in [6, 6.07) is 11.2. The molecule has 2 N–H and O–H groups in total. The van der Waals surface area contributed by atoms with Crippen LogP contribution in [-0.4, -0.2) is 34.2 Å². The number of hydrogen-bond donors (Lipinski definition) is 2. The first-order valence-electron chi connectivity index (χ1n) is 8.16. The number of halogens is 1. The topological polar surface area (TPSA) is 122 Å². The van der Waals surface area contributed by atoms with E-state index in [1.807, 2.05) is 0 Å². The van der Waals surface area contributed by atoms with Gasteiger partial charge in [0.1, 0.15) is 12.1 Å². The van der Waals surface area contributed by atoms with Crippen LogP contribution in [0.3, 0.4) is 0 Å². The summed E-state index contributed by atoms with van der Waals surface area (Å²) in [6.45, 7) is 0.959. The summed E-state index contributed by atoms with van der Waals surface area (Å²) in [6.07, 6.45) is 0. The van der Waals surface area contributed by atoms with Crippen molar-refractivity contribution >= 4 is 40.8 Å². The largest absolute Gasteiger partial charge is 0.325 e. The number of urea groups is 1. The number of benzene rings is 2. The predicted octanol–water partition coefficient (Wildman–Crippen LogP) is 2.65. The maximum absolute atomic E-state index is 12.8. The Balaban J connectivity index is 1.76. The first-order valence-corrected chi connectivity index (χ1v) is 8.53. The van der Waals surface area contributed by atoms with Crippen LogP contribution >= 0.6 is 11.6 Å². The fourth-order valence-electron chi connectivity index (χ4n) is 2.93. The van der Waals surface area contributed by atoms with Gasteiger partial charge in [-0.25, -0.2) is 4.79 Å². The molecule has 0 aromatic heterocycles. The molecule has 4 amide bonds. The van der Waals surface area contributed by atoms with Gasteiger partial charge in [-0.05, 0) is 19.1 Å². The fourth-order valence-corrected chi connectivity index (χ4v) is 3.26. The van der Waals surface area contributed by atoms with Crippen molar-refractivity contribution in [1.82, 2.24) is 10.2 Å². The van der Waals surface area contributed by atoms with E-state index in [4.69, 9.17) is 11.6 Å². The molecule has 1 unspecified atom stereocenters. The highest BCUT2D eigenvalue weighted by Crippen LogP contribution is 2.33. The number of carbonyl (C=O) groups excluding carboxylic acids is 3. The molecule has 1 fully saturated rings. The number of imide groups is 1. The van der Waals surface area contributed by atoms with Gasteiger partial charge < -0.3 is 10.6 Å². The van der Waals surface area contributed by atoms with Crippen molar-refractivity contribution in [3.8, 4) is 0 Å². The zero-order valence-corrected chi connectivity index (χ0v) is 15.4. The minimum Gasteiger partial charge on any atom is -0.324 e. The Hall–Kier alpha value is -3.46. The van der Waals surface area contributed by atoms with E-state index < -0.39 is 34.9 Å². The van der Waals surface area contributed by atoms with E-state index >= 15 is 0 Å².